The quantitative estimate of drug-likeness (QED) is 0.781. The van der Waals surface area contributed by atoms with Crippen molar-refractivity contribution >= 4 is 27.8 Å². The standard InChI is InChI=1S/C16H21BrN2O3/c1-22-15(20)9-14(10-3-2-4-12(17)7-10)19-16(21)11-5-6-13(18)8-11/h2-4,7,11,13-14H,5-6,8-9,18H2,1H3,(H,19,21). The number of methoxy groups -OCH3 is 1. The Morgan fingerprint density at radius 2 is 2.23 bits per heavy atom. The number of carbonyl (C=O) groups excluding carboxylic acids is 2. The average Bonchev–Trinajstić information content (AvgIpc) is 2.93. The highest BCUT2D eigenvalue weighted by Crippen LogP contribution is 2.27. The summed E-state index contributed by atoms with van der Waals surface area (Å²) in [6, 6.07) is 7.26. The Morgan fingerprint density at radius 3 is 2.82 bits per heavy atom. The van der Waals surface area contributed by atoms with Crippen molar-refractivity contribution in [3.05, 3.63) is 34.3 Å². The first kappa shape index (κ1) is 17.0. The van der Waals surface area contributed by atoms with Crippen LogP contribution in [0, 0.1) is 5.92 Å². The second kappa shape index (κ2) is 7.74. The first-order valence-electron chi connectivity index (χ1n) is 7.38. The van der Waals surface area contributed by atoms with Gasteiger partial charge in [-0.1, -0.05) is 28.1 Å². The zero-order valence-corrected chi connectivity index (χ0v) is 14.1. The molecule has 3 atom stereocenters. The van der Waals surface area contributed by atoms with Gasteiger partial charge in [-0.2, -0.15) is 0 Å². The van der Waals surface area contributed by atoms with Crippen LogP contribution in [0.1, 0.15) is 37.3 Å². The molecule has 0 aromatic heterocycles. The summed E-state index contributed by atoms with van der Waals surface area (Å²) in [5.41, 5.74) is 6.74. The third-order valence-electron chi connectivity index (χ3n) is 4.01. The predicted octanol–water partition coefficient (Wildman–Crippen LogP) is 2.30. The molecule has 3 N–H and O–H groups in total. The number of nitrogens with two attached hydrogens (primary N) is 1. The summed E-state index contributed by atoms with van der Waals surface area (Å²) in [4.78, 5) is 24.0. The second-order valence-electron chi connectivity index (χ2n) is 5.67. The van der Waals surface area contributed by atoms with Crippen LogP contribution in [0.3, 0.4) is 0 Å². The zero-order valence-electron chi connectivity index (χ0n) is 12.5. The number of ether oxygens (including phenoxy) is 1. The second-order valence-corrected chi connectivity index (χ2v) is 6.58. The van der Waals surface area contributed by atoms with Gasteiger partial charge in [0.25, 0.3) is 0 Å². The van der Waals surface area contributed by atoms with Gasteiger partial charge in [0, 0.05) is 16.4 Å². The molecule has 0 aliphatic heterocycles. The minimum Gasteiger partial charge on any atom is -0.469 e. The summed E-state index contributed by atoms with van der Waals surface area (Å²) < 4.78 is 5.63. The highest BCUT2D eigenvalue weighted by Gasteiger charge is 2.30. The molecule has 2 rings (SSSR count). The Morgan fingerprint density at radius 1 is 1.45 bits per heavy atom. The molecule has 0 heterocycles. The van der Waals surface area contributed by atoms with Gasteiger partial charge in [0.1, 0.15) is 0 Å². The number of nitrogens with one attached hydrogen (secondary N) is 1. The Hall–Kier alpha value is -1.40. The maximum Gasteiger partial charge on any atom is 0.307 e. The Kier molecular flexibility index (Phi) is 5.97. The lowest BCUT2D eigenvalue weighted by molar-refractivity contribution is -0.141. The van der Waals surface area contributed by atoms with Crippen LogP contribution in [0.15, 0.2) is 28.7 Å². The molecule has 1 aromatic rings. The summed E-state index contributed by atoms with van der Waals surface area (Å²) in [6.07, 6.45) is 2.49. The number of carbonyl (C=O) groups is 2. The van der Waals surface area contributed by atoms with Gasteiger partial charge in [0.15, 0.2) is 0 Å². The predicted molar refractivity (Wildman–Crippen MR) is 87.0 cm³/mol. The van der Waals surface area contributed by atoms with Crippen LogP contribution in [0.4, 0.5) is 0 Å². The summed E-state index contributed by atoms with van der Waals surface area (Å²) >= 11 is 3.41. The Balaban J connectivity index is 2.10. The highest BCUT2D eigenvalue weighted by atomic mass is 79.9. The largest absolute Gasteiger partial charge is 0.469 e. The lowest BCUT2D eigenvalue weighted by atomic mass is 10.0. The molecule has 1 amide bonds. The Bertz CT molecular complexity index is 550. The van der Waals surface area contributed by atoms with Gasteiger partial charge in [-0.25, -0.2) is 0 Å². The van der Waals surface area contributed by atoms with Gasteiger partial charge in [-0.15, -0.1) is 0 Å². The topological polar surface area (TPSA) is 81.4 Å². The molecule has 6 heteroatoms. The van der Waals surface area contributed by atoms with E-state index in [0.29, 0.717) is 6.42 Å². The lowest BCUT2D eigenvalue weighted by Gasteiger charge is -2.21. The van der Waals surface area contributed by atoms with Gasteiger partial charge in [-0.05, 0) is 37.0 Å². The van der Waals surface area contributed by atoms with E-state index in [1.54, 1.807) is 0 Å². The first-order chi connectivity index (χ1) is 10.5. The van der Waals surface area contributed by atoms with E-state index in [9.17, 15) is 9.59 Å². The van der Waals surface area contributed by atoms with Gasteiger partial charge in [-0.3, -0.25) is 9.59 Å². The summed E-state index contributed by atoms with van der Waals surface area (Å²) in [5, 5.41) is 2.97. The van der Waals surface area contributed by atoms with Crippen molar-refractivity contribution in [2.24, 2.45) is 11.7 Å². The van der Waals surface area contributed by atoms with E-state index >= 15 is 0 Å². The molecule has 0 spiro atoms. The van der Waals surface area contributed by atoms with Gasteiger partial charge >= 0.3 is 5.97 Å². The highest BCUT2D eigenvalue weighted by molar-refractivity contribution is 9.10. The van der Waals surface area contributed by atoms with Crippen LogP contribution >= 0.6 is 15.9 Å². The molecule has 0 radical (unpaired) electrons. The average molecular weight is 369 g/mol. The molecule has 0 saturated heterocycles. The van der Waals surface area contributed by atoms with E-state index in [1.807, 2.05) is 24.3 Å². The summed E-state index contributed by atoms with van der Waals surface area (Å²) in [5.74, 6) is -0.461. The molecular weight excluding hydrogens is 348 g/mol. The van der Waals surface area contributed by atoms with E-state index in [2.05, 4.69) is 21.2 Å². The van der Waals surface area contributed by atoms with Crippen LogP contribution < -0.4 is 11.1 Å². The van der Waals surface area contributed by atoms with Crippen LogP contribution in [0.25, 0.3) is 0 Å². The third-order valence-corrected chi connectivity index (χ3v) is 4.50. The molecule has 1 fully saturated rings. The maximum atomic E-state index is 12.4. The molecule has 1 aliphatic carbocycles. The fourth-order valence-corrected chi connectivity index (χ4v) is 3.19. The smallest absolute Gasteiger partial charge is 0.307 e. The molecule has 5 nitrogen and oxygen atoms in total. The molecule has 22 heavy (non-hydrogen) atoms. The number of benzene rings is 1. The van der Waals surface area contributed by atoms with E-state index < -0.39 is 6.04 Å². The number of hydrogen-bond donors (Lipinski definition) is 2. The fourth-order valence-electron chi connectivity index (χ4n) is 2.77. The maximum absolute atomic E-state index is 12.4. The third kappa shape index (κ3) is 4.55. The van der Waals surface area contributed by atoms with Crippen LogP contribution in [-0.4, -0.2) is 25.0 Å². The molecule has 1 saturated carbocycles. The normalized spacial score (nSPS) is 22.1. The van der Waals surface area contributed by atoms with Crippen molar-refractivity contribution in [1.29, 1.82) is 0 Å². The van der Waals surface area contributed by atoms with Crippen LogP contribution in [-0.2, 0) is 14.3 Å². The molecule has 120 valence electrons. The molecule has 3 unspecified atom stereocenters. The van der Waals surface area contributed by atoms with Crippen molar-refractivity contribution in [3.8, 4) is 0 Å². The van der Waals surface area contributed by atoms with E-state index in [-0.39, 0.29) is 30.3 Å². The van der Waals surface area contributed by atoms with Crippen molar-refractivity contribution in [1.82, 2.24) is 5.32 Å². The van der Waals surface area contributed by atoms with Gasteiger partial charge < -0.3 is 15.8 Å². The van der Waals surface area contributed by atoms with Crippen molar-refractivity contribution in [2.75, 3.05) is 7.11 Å². The summed E-state index contributed by atoms with van der Waals surface area (Å²) in [7, 11) is 1.35. The first-order valence-corrected chi connectivity index (χ1v) is 8.17. The number of hydrogen-bond acceptors (Lipinski definition) is 4. The summed E-state index contributed by atoms with van der Waals surface area (Å²) in [6.45, 7) is 0. The minimum atomic E-state index is -0.394. The van der Waals surface area contributed by atoms with E-state index in [0.717, 1.165) is 22.9 Å². The van der Waals surface area contributed by atoms with E-state index in [4.69, 9.17) is 10.5 Å². The fraction of sp³-hybridized carbons (Fsp3) is 0.500. The van der Waals surface area contributed by atoms with Crippen molar-refractivity contribution in [2.45, 2.75) is 37.8 Å². The number of halogens is 1. The lowest BCUT2D eigenvalue weighted by Crippen LogP contribution is -2.35. The monoisotopic (exact) mass is 368 g/mol. The van der Waals surface area contributed by atoms with E-state index in [1.165, 1.54) is 7.11 Å². The number of amides is 1. The Labute approximate surface area is 138 Å². The molecule has 0 bridgehead atoms. The zero-order chi connectivity index (χ0) is 16.1. The molecule has 1 aliphatic rings. The van der Waals surface area contributed by atoms with Crippen LogP contribution in [0.5, 0.6) is 0 Å². The molecule has 1 aromatic carbocycles. The van der Waals surface area contributed by atoms with Gasteiger partial charge in [0.05, 0.1) is 19.6 Å². The SMILES string of the molecule is COC(=O)CC(NC(=O)C1CCC(N)C1)c1cccc(Br)c1. The minimum absolute atomic E-state index is 0.0400. The van der Waals surface area contributed by atoms with Crippen molar-refractivity contribution in [3.63, 3.8) is 0 Å². The number of esters is 1. The van der Waals surface area contributed by atoms with Gasteiger partial charge in [0.2, 0.25) is 5.91 Å². The molecular formula is C16H21BrN2O3. The van der Waals surface area contributed by atoms with Crippen molar-refractivity contribution < 1.29 is 14.3 Å². The van der Waals surface area contributed by atoms with Crippen LogP contribution in [0.2, 0.25) is 0 Å². The number of rotatable bonds is 5.